The van der Waals surface area contributed by atoms with E-state index in [0.717, 1.165) is 5.46 Å². The maximum atomic E-state index is 9.94. The second-order valence-corrected chi connectivity index (χ2v) is 4.94. The Kier molecular flexibility index (Phi) is 4.17. The minimum absolute atomic E-state index is 0.531. The molecule has 1 aromatic heterocycles. The Morgan fingerprint density at radius 3 is 2.47 bits per heavy atom. The van der Waals surface area contributed by atoms with Gasteiger partial charge >= 0.3 is 7.48 Å². The summed E-state index contributed by atoms with van der Waals surface area (Å²) in [5.41, 5.74) is -0.765. The number of ether oxygens (including phenoxy) is 1. The van der Waals surface area contributed by atoms with Gasteiger partial charge in [0, 0.05) is 6.20 Å². The van der Waals surface area contributed by atoms with Crippen LogP contribution in [-0.4, -0.2) is 35.9 Å². The number of aliphatic hydroxyl groups is 1. The van der Waals surface area contributed by atoms with Crippen molar-refractivity contribution in [2.75, 3.05) is 7.11 Å². The molecule has 1 aromatic rings. The molecular weight excluding hydrogens is 217 g/mol. The SMILES string of the molecule is COc1cc([B]OC(C)(C)C(C)(C)O)ccn1. The third kappa shape index (κ3) is 3.72. The van der Waals surface area contributed by atoms with Crippen molar-refractivity contribution >= 4 is 12.9 Å². The molecule has 0 atom stereocenters. The van der Waals surface area contributed by atoms with Gasteiger partial charge in [0.25, 0.3) is 0 Å². The fourth-order valence-electron chi connectivity index (χ4n) is 0.969. The molecule has 0 aromatic carbocycles. The predicted molar refractivity (Wildman–Crippen MR) is 67.6 cm³/mol. The van der Waals surface area contributed by atoms with Gasteiger partial charge in [-0.05, 0) is 45.3 Å². The quantitative estimate of drug-likeness (QED) is 0.771. The van der Waals surface area contributed by atoms with Crippen molar-refractivity contribution < 1.29 is 14.5 Å². The zero-order chi connectivity index (χ0) is 13.1. The minimum atomic E-state index is -0.930. The van der Waals surface area contributed by atoms with E-state index in [9.17, 15) is 5.11 Å². The van der Waals surface area contributed by atoms with Crippen molar-refractivity contribution in [1.29, 1.82) is 0 Å². The van der Waals surface area contributed by atoms with Gasteiger partial charge in [-0.1, -0.05) is 0 Å². The topological polar surface area (TPSA) is 51.6 Å². The molecule has 5 heteroatoms. The van der Waals surface area contributed by atoms with Gasteiger partial charge in [-0.25, -0.2) is 4.98 Å². The summed E-state index contributed by atoms with van der Waals surface area (Å²) in [5, 5.41) is 9.94. The van der Waals surface area contributed by atoms with Crippen LogP contribution >= 0.6 is 0 Å². The molecule has 0 saturated heterocycles. The summed E-state index contributed by atoms with van der Waals surface area (Å²) in [6, 6.07) is 3.57. The Bertz CT molecular complexity index is 374. The molecule has 0 saturated carbocycles. The van der Waals surface area contributed by atoms with Crippen molar-refractivity contribution in [2.24, 2.45) is 0 Å². The molecule has 0 aliphatic rings. The van der Waals surface area contributed by atoms with Gasteiger partial charge in [0.1, 0.15) is 0 Å². The number of methoxy groups -OCH3 is 1. The average molecular weight is 236 g/mol. The zero-order valence-electron chi connectivity index (χ0n) is 11.0. The van der Waals surface area contributed by atoms with Gasteiger partial charge in [0.2, 0.25) is 5.88 Å². The van der Waals surface area contributed by atoms with Gasteiger partial charge < -0.3 is 14.5 Å². The highest BCUT2D eigenvalue weighted by molar-refractivity contribution is 6.47. The summed E-state index contributed by atoms with van der Waals surface area (Å²) in [4.78, 5) is 4.00. The first-order valence-electron chi connectivity index (χ1n) is 5.50. The number of rotatable bonds is 5. The lowest BCUT2D eigenvalue weighted by Gasteiger charge is -2.37. The third-order valence-electron chi connectivity index (χ3n) is 2.93. The molecular formula is C12H19BNO3. The van der Waals surface area contributed by atoms with Crippen LogP contribution in [0.2, 0.25) is 0 Å². The Balaban J connectivity index is 2.67. The number of hydrogen-bond donors (Lipinski definition) is 1. The predicted octanol–water partition coefficient (Wildman–Crippen LogP) is 0.901. The first kappa shape index (κ1) is 14.0. The largest absolute Gasteiger partial charge is 0.481 e. The number of hydrogen-bond acceptors (Lipinski definition) is 4. The fourth-order valence-corrected chi connectivity index (χ4v) is 0.969. The smallest absolute Gasteiger partial charge is 0.331 e. The monoisotopic (exact) mass is 236 g/mol. The zero-order valence-corrected chi connectivity index (χ0v) is 11.0. The van der Waals surface area contributed by atoms with E-state index in [-0.39, 0.29) is 0 Å². The van der Waals surface area contributed by atoms with Gasteiger partial charge in [0.15, 0.2) is 0 Å². The first-order valence-corrected chi connectivity index (χ1v) is 5.50. The molecule has 0 spiro atoms. The number of nitrogens with zero attached hydrogens (tertiary/aromatic N) is 1. The van der Waals surface area contributed by atoms with Crippen LogP contribution in [0.3, 0.4) is 0 Å². The van der Waals surface area contributed by atoms with Crippen molar-refractivity contribution in [1.82, 2.24) is 4.98 Å². The van der Waals surface area contributed by atoms with Crippen molar-refractivity contribution in [3.8, 4) is 5.88 Å². The van der Waals surface area contributed by atoms with Crippen molar-refractivity contribution in [3.05, 3.63) is 18.3 Å². The summed E-state index contributed by atoms with van der Waals surface area (Å²) in [7, 11) is 3.16. The van der Waals surface area contributed by atoms with Crippen LogP contribution in [0.5, 0.6) is 5.88 Å². The number of pyridine rings is 1. The molecule has 0 aliphatic carbocycles. The Morgan fingerprint density at radius 2 is 1.94 bits per heavy atom. The van der Waals surface area contributed by atoms with Crippen LogP contribution in [-0.2, 0) is 4.65 Å². The van der Waals surface area contributed by atoms with E-state index in [1.165, 1.54) is 0 Å². The maximum Gasteiger partial charge on any atom is 0.331 e. The Morgan fingerprint density at radius 1 is 1.29 bits per heavy atom. The summed E-state index contributed by atoms with van der Waals surface area (Å²) >= 11 is 0. The summed E-state index contributed by atoms with van der Waals surface area (Å²) < 4.78 is 10.6. The molecule has 1 N–H and O–H groups in total. The molecule has 0 aliphatic heterocycles. The van der Waals surface area contributed by atoms with E-state index in [0.29, 0.717) is 5.88 Å². The molecule has 17 heavy (non-hydrogen) atoms. The summed E-state index contributed by atoms with van der Waals surface area (Å²) in [6.07, 6.45) is 1.64. The average Bonchev–Trinajstić information content (AvgIpc) is 2.25. The van der Waals surface area contributed by atoms with Gasteiger partial charge in [-0.2, -0.15) is 0 Å². The third-order valence-corrected chi connectivity index (χ3v) is 2.93. The van der Waals surface area contributed by atoms with Crippen LogP contribution in [0, 0.1) is 0 Å². The molecule has 0 amide bonds. The maximum absolute atomic E-state index is 9.94. The highest BCUT2D eigenvalue weighted by Crippen LogP contribution is 2.24. The van der Waals surface area contributed by atoms with Crippen LogP contribution in [0.4, 0.5) is 0 Å². The normalized spacial score (nSPS) is 12.4. The van der Waals surface area contributed by atoms with E-state index >= 15 is 0 Å². The fraction of sp³-hybridized carbons (Fsp3) is 0.583. The van der Waals surface area contributed by atoms with Crippen molar-refractivity contribution in [2.45, 2.75) is 38.9 Å². The lowest BCUT2D eigenvalue weighted by molar-refractivity contribution is -0.0893. The van der Waals surface area contributed by atoms with E-state index in [2.05, 4.69) is 4.98 Å². The molecule has 1 radical (unpaired) electrons. The Hall–Kier alpha value is -1.07. The molecule has 1 heterocycles. The summed E-state index contributed by atoms with van der Waals surface area (Å²) in [6.45, 7) is 7.10. The molecule has 4 nitrogen and oxygen atoms in total. The van der Waals surface area contributed by atoms with Gasteiger partial charge in [0.05, 0.1) is 18.3 Å². The second kappa shape index (κ2) is 5.06. The minimum Gasteiger partial charge on any atom is -0.481 e. The first-order chi connectivity index (χ1) is 7.76. The molecule has 1 rings (SSSR count). The van der Waals surface area contributed by atoms with Crippen LogP contribution in [0.1, 0.15) is 27.7 Å². The number of aromatic nitrogens is 1. The molecule has 93 valence electrons. The second-order valence-electron chi connectivity index (χ2n) is 4.94. The van der Waals surface area contributed by atoms with Crippen LogP contribution in [0.25, 0.3) is 0 Å². The Labute approximate surface area is 103 Å². The van der Waals surface area contributed by atoms with E-state index in [1.807, 2.05) is 19.9 Å². The highest BCUT2D eigenvalue weighted by Gasteiger charge is 2.35. The molecule has 0 bridgehead atoms. The van der Waals surface area contributed by atoms with E-state index in [4.69, 9.17) is 9.39 Å². The van der Waals surface area contributed by atoms with Gasteiger partial charge in [-0.15, -0.1) is 0 Å². The summed E-state index contributed by atoms with van der Waals surface area (Å²) in [5.74, 6) is 0.531. The van der Waals surface area contributed by atoms with Crippen molar-refractivity contribution in [3.63, 3.8) is 0 Å². The van der Waals surface area contributed by atoms with E-state index < -0.39 is 11.2 Å². The standard InChI is InChI=1S/C12H19BNO3/c1-11(2,15)12(3,4)17-13-9-6-7-14-10(8-9)16-5/h6-8,15H,1-5H3. The molecule has 0 fully saturated rings. The van der Waals surface area contributed by atoms with Crippen LogP contribution < -0.4 is 10.2 Å². The molecule has 0 unspecified atom stereocenters. The lowest BCUT2D eigenvalue weighted by Crippen LogP contribution is -2.49. The highest BCUT2D eigenvalue weighted by atomic mass is 16.5. The lowest BCUT2D eigenvalue weighted by atomic mass is 9.83. The van der Waals surface area contributed by atoms with E-state index in [1.54, 1.807) is 40.7 Å². The van der Waals surface area contributed by atoms with Gasteiger partial charge in [-0.3, -0.25) is 0 Å². The van der Waals surface area contributed by atoms with Crippen LogP contribution in [0.15, 0.2) is 18.3 Å².